The van der Waals surface area contributed by atoms with Gasteiger partial charge in [0.15, 0.2) is 0 Å². The number of aryl methyl sites for hydroxylation is 1. The number of hydrogen-bond donors (Lipinski definition) is 1. The molecule has 2 aromatic rings. The van der Waals surface area contributed by atoms with Crippen LogP contribution in [0, 0.1) is 6.92 Å². The molecule has 25 heavy (non-hydrogen) atoms. The number of rotatable bonds is 3. The molecule has 0 aliphatic carbocycles. The molecule has 2 N–H and O–H groups in total. The zero-order valence-corrected chi connectivity index (χ0v) is 14.2. The van der Waals surface area contributed by atoms with Gasteiger partial charge in [-0.3, -0.25) is 4.68 Å². The van der Waals surface area contributed by atoms with Crippen LogP contribution < -0.4 is 5.73 Å². The minimum Gasteiger partial charge on any atom is -0.326 e. The molecule has 1 aliphatic rings. The molecule has 10 heteroatoms. The summed E-state index contributed by atoms with van der Waals surface area (Å²) in [7, 11) is -5.34. The molecular formula is C15H17F3N4O2S. The van der Waals surface area contributed by atoms with Crippen LogP contribution in [-0.4, -0.2) is 34.6 Å². The van der Waals surface area contributed by atoms with Gasteiger partial charge in [0.05, 0.1) is 24.5 Å². The Morgan fingerprint density at radius 1 is 1.24 bits per heavy atom. The molecule has 0 spiro atoms. The van der Waals surface area contributed by atoms with E-state index in [0.29, 0.717) is 22.2 Å². The van der Waals surface area contributed by atoms with E-state index in [9.17, 15) is 21.6 Å². The minimum atomic E-state index is -5.34. The van der Waals surface area contributed by atoms with E-state index in [2.05, 4.69) is 5.10 Å². The van der Waals surface area contributed by atoms with E-state index < -0.39 is 15.5 Å². The summed E-state index contributed by atoms with van der Waals surface area (Å²) in [5, 5.41) is 4.40. The predicted octanol–water partition coefficient (Wildman–Crippen LogP) is 1.98. The van der Waals surface area contributed by atoms with E-state index in [1.54, 1.807) is 10.7 Å². The third kappa shape index (κ3) is 3.16. The summed E-state index contributed by atoms with van der Waals surface area (Å²) in [5.74, 6) is 0. The van der Waals surface area contributed by atoms with Gasteiger partial charge in [-0.25, -0.2) is 8.42 Å². The Morgan fingerprint density at radius 2 is 1.96 bits per heavy atom. The number of halogens is 3. The van der Waals surface area contributed by atoms with Gasteiger partial charge in [0.2, 0.25) is 0 Å². The molecular weight excluding hydrogens is 357 g/mol. The van der Waals surface area contributed by atoms with Crippen LogP contribution in [0.5, 0.6) is 0 Å². The number of hydrogen-bond acceptors (Lipinski definition) is 4. The summed E-state index contributed by atoms with van der Waals surface area (Å²) in [4.78, 5) is 0. The Balaban J connectivity index is 1.92. The topological polar surface area (TPSA) is 81.2 Å². The highest BCUT2D eigenvalue weighted by Gasteiger charge is 2.50. The molecule has 0 atom stereocenters. The average molecular weight is 374 g/mol. The van der Waals surface area contributed by atoms with Crippen molar-refractivity contribution in [2.75, 3.05) is 6.54 Å². The zero-order valence-electron chi connectivity index (χ0n) is 13.4. The number of benzene rings is 1. The maximum Gasteiger partial charge on any atom is 0.511 e. The maximum absolute atomic E-state index is 12.7. The lowest BCUT2D eigenvalue weighted by Gasteiger charge is -2.27. The van der Waals surface area contributed by atoms with Crippen LogP contribution in [0.1, 0.15) is 16.8 Å². The van der Waals surface area contributed by atoms with Crippen molar-refractivity contribution in [3.05, 3.63) is 41.1 Å². The number of sulfonamides is 1. The molecule has 0 fully saturated rings. The van der Waals surface area contributed by atoms with Gasteiger partial charge in [-0.05, 0) is 24.1 Å². The first-order chi connectivity index (χ1) is 11.6. The van der Waals surface area contributed by atoms with Gasteiger partial charge in [-0.1, -0.05) is 18.2 Å². The zero-order chi connectivity index (χ0) is 18.4. The van der Waals surface area contributed by atoms with Gasteiger partial charge in [0.1, 0.15) is 0 Å². The van der Waals surface area contributed by atoms with Crippen LogP contribution in [0.3, 0.4) is 0 Å². The number of nitrogens with two attached hydrogens (primary N) is 1. The number of alkyl halides is 3. The Labute approximate surface area is 143 Å². The predicted molar refractivity (Wildman–Crippen MR) is 85.7 cm³/mol. The van der Waals surface area contributed by atoms with E-state index >= 15 is 0 Å². The highest BCUT2D eigenvalue weighted by molar-refractivity contribution is 7.89. The second kappa shape index (κ2) is 6.11. The summed E-state index contributed by atoms with van der Waals surface area (Å²) < 4.78 is 63.3. The third-order valence-electron chi connectivity index (χ3n) is 4.20. The van der Waals surface area contributed by atoms with Gasteiger partial charge in [-0.2, -0.15) is 22.6 Å². The molecule has 1 aliphatic heterocycles. The van der Waals surface area contributed by atoms with E-state index in [-0.39, 0.29) is 19.6 Å². The lowest BCUT2D eigenvalue weighted by Crippen LogP contribution is -2.44. The Kier molecular flexibility index (Phi) is 4.38. The molecule has 0 amide bonds. The second-order valence-corrected chi connectivity index (χ2v) is 7.81. The fraction of sp³-hybridized carbons (Fsp3) is 0.400. The Hall–Kier alpha value is -1.91. The molecule has 6 nitrogen and oxygen atoms in total. The Morgan fingerprint density at radius 3 is 2.56 bits per heavy atom. The van der Waals surface area contributed by atoms with Crippen molar-refractivity contribution in [2.45, 2.75) is 32.1 Å². The minimum absolute atomic E-state index is 0.0740. The van der Waals surface area contributed by atoms with Gasteiger partial charge in [0, 0.05) is 18.7 Å². The van der Waals surface area contributed by atoms with Crippen LogP contribution in [0.15, 0.2) is 24.3 Å². The molecule has 0 saturated heterocycles. The fourth-order valence-corrected chi connectivity index (χ4v) is 3.78. The molecule has 3 rings (SSSR count). The quantitative estimate of drug-likeness (QED) is 0.891. The highest BCUT2D eigenvalue weighted by Crippen LogP contribution is 2.31. The molecule has 0 unspecified atom stereocenters. The lowest BCUT2D eigenvalue weighted by molar-refractivity contribution is -0.0496. The van der Waals surface area contributed by atoms with Crippen LogP contribution in [0.2, 0.25) is 0 Å². The van der Waals surface area contributed by atoms with Crippen molar-refractivity contribution < 1.29 is 21.6 Å². The molecule has 1 aromatic carbocycles. The monoisotopic (exact) mass is 374 g/mol. The van der Waals surface area contributed by atoms with E-state index in [0.717, 1.165) is 16.7 Å². The number of nitrogens with zero attached hydrogens (tertiary/aromatic N) is 3. The average Bonchev–Trinajstić information content (AvgIpc) is 2.96. The third-order valence-corrected chi connectivity index (χ3v) is 5.77. The molecule has 0 saturated carbocycles. The van der Waals surface area contributed by atoms with Crippen molar-refractivity contribution in [1.82, 2.24) is 14.1 Å². The first-order valence-corrected chi connectivity index (χ1v) is 9.00. The SMILES string of the molecule is Cc1cc(CN)ccc1-c1cc2n(n1)CCN(S(=O)(=O)C(F)(F)F)C2. The molecule has 0 radical (unpaired) electrons. The smallest absolute Gasteiger partial charge is 0.326 e. The van der Waals surface area contributed by atoms with Gasteiger partial charge in [-0.15, -0.1) is 0 Å². The van der Waals surface area contributed by atoms with Crippen molar-refractivity contribution >= 4 is 10.0 Å². The summed E-state index contributed by atoms with van der Waals surface area (Å²) in [6, 6.07) is 7.27. The first-order valence-electron chi connectivity index (χ1n) is 7.56. The normalized spacial score (nSPS) is 16.0. The van der Waals surface area contributed by atoms with Crippen LogP contribution in [0.4, 0.5) is 13.2 Å². The standard InChI is InChI=1S/C15H17F3N4O2S/c1-10-6-11(8-19)2-3-13(10)14-7-12-9-21(4-5-22(12)20-14)25(23,24)15(16,17)18/h2-3,6-7H,4-5,8-9,19H2,1H3. The molecule has 1 aromatic heterocycles. The fourth-order valence-electron chi connectivity index (χ4n) is 2.87. The van der Waals surface area contributed by atoms with Crippen molar-refractivity contribution in [2.24, 2.45) is 5.73 Å². The van der Waals surface area contributed by atoms with Gasteiger partial charge in [0.25, 0.3) is 0 Å². The summed E-state index contributed by atoms with van der Waals surface area (Å²) in [6.07, 6.45) is 0. The largest absolute Gasteiger partial charge is 0.511 e. The second-order valence-electron chi connectivity index (χ2n) is 5.88. The van der Waals surface area contributed by atoms with Gasteiger partial charge >= 0.3 is 15.5 Å². The van der Waals surface area contributed by atoms with Crippen LogP contribution in [-0.2, 0) is 29.7 Å². The lowest BCUT2D eigenvalue weighted by atomic mass is 10.0. The van der Waals surface area contributed by atoms with E-state index in [4.69, 9.17) is 5.73 Å². The van der Waals surface area contributed by atoms with Crippen molar-refractivity contribution in [3.8, 4) is 11.3 Å². The van der Waals surface area contributed by atoms with Crippen LogP contribution in [0.25, 0.3) is 11.3 Å². The summed E-state index contributed by atoms with van der Waals surface area (Å²) in [6.45, 7) is 1.76. The first kappa shape index (κ1) is 17.9. The molecule has 0 bridgehead atoms. The van der Waals surface area contributed by atoms with E-state index in [1.165, 1.54) is 0 Å². The highest BCUT2D eigenvalue weighted by atomic mass is 32.2. The van der Waals surface area contributed by atoms with Gasteiger partial charge < -0.3 is 5.73 Å². The van der Waals surface area contributed by atoms with Crippen molar-refractivity contribution in [1.29, 1.82) is 0 Å². The number of aromatic nitrogens is 2. The van der Waals surface area contributed by atoms with Crippen molar-refractivity contribution in [3.63, 3.8) is 0 Å². The molecule has 2 heterocycles. The Bertz CT molecular complexity index is 906. The molecule has 136 valence electrons. The van der Waals surface area contributed by atoms with Crippen LogP contribution >= 0.6 is 0 Å². The summed E-state index contributed by atoms with van der Waals surface area (Å²) in [5.41, 5.74) is 4.08. The summed E-state index contributed by atoms with van der Waals surface area (Å²) >= 11 is 0. The maximum atomic E-state index is 12.7. The van der Waals surface area contributed by atoms with E-state index in [1.807, 2.05) is 25.1 Å². The number of fused-ring (bicyclic) bond motifs is 1.